The molecule has 0 N–H and O–H groups in total. The summed E-state index contributed by atoms with van der Waals surface area (Å²) in [4.78, 5) is 24.2. The summed E-state index contributed by atoms with van der Waals surface area (Å²) < 4.78 is 37.1. The van der Waals surface area contributed by atoms with Gasteiger partial charge in [0.05, 0.1) is 10.1 Å². The molecule has 1 aromatic carbocycles. The maximum atomic E-state index is 11.6. The number of rotatable bonds is 7. The van der Waals surface area contributed by atoms with Crippen LogP contribution in [0.2, 0.25) is 0 Å². The minimum atomic E-state index is -4.23. The summed E-state index contributed by atoms with van der Waals surface area (Å²) in [5.74, 6) is -0.422. The molecule has 24 heavy (non-hydrogen) atoms. The molecule has 0 unspecified atom stereocenters. The summed E-state index contributed by atoms with van der Waals surface area (Å²) in [5, 5.41) is 0.619. The summed E-state index contributed by atoms with van der Waals surface area (Å²) in [5.41, 5.74) is 0.335. The van der Waals surface area contributed by atoms with Crippen molar-refractivity contribution in [2.24, 2.45) is 0 Å². The van der Waals surface area contributed by atoms with E-state index in [-0.39, 0.29) is 41.5 Å². The van der Waals surface area contributed by atoms with E-state index >= 15 is 0 Å². The van der Waals surface area contributed by atoms with Crippen molar-refractivity contribution in [1.29, 1.82) is 0 Å². The van der Waals surface area contributed by atoms with Crippen LogP contribution in [-0.4, -0.2) is 38.1 Å². The van der Waals surface area contributed by atoms with Gasteiger partial charge < -0.3 is 13.9 Å². The number of benzene rings is 1. The molecule has 0 amide bonds. The molecule has 0 radical (unpaired) electrons. The first-order valence-electron chi connectivity index (χ1n) is 7.05. The molecule has 0 fully saturated rings. The minimum absolute atomic E-state index is 0. The van der Waals surface area contributed by atoms with Gasteiger partial charge in [0.15, 0.2) is 6.29 Å². The smallest absolute Gasteiger partial charge is 0.748 e. The van der Waals surface area contributed by atoms with Crippen LogP contribution >= 0.6 is 0 Å². The zero-order chi connectivity index (χ0) is 17.0. The second-order valence-electron chi connectivity index (χ2n) is 5.02. The van der Waals surface area contributed by atoms with Gasteiger partial charge in [-0.25, -0.2) is 13.2 Å². The van der Waals surface area contributed by atoms with Gasteiger partial charge in [-0.15, -0.1) is 0 Å². The van der Waals surface area contributed by atoms with Gasteiger partial charge >= 0.3 is 35.2 Å². The van der Waals surface area contributed by atoms with Gasteiger partial charge in [0.25, 0.3) is 0 Å². The van der Waals surface area contributed by atoms with E-state index in [2.05, 4.69) is 0 Å². The van der Waals surface area contributed by atoms with Crippen molar-refractivity contribution < 1.29 is 51.7 Å². The molecule has 0 aliphatic carbocycles. The summed E-state index contributed by atoms with van der Waals surface area (Å²) in [6.45, 7) is 2.88. The zero-order valence-electron chi connectivity index (χ0n) is 13.5. The van der Waals surface area contributed by atoms with Crippen molar-refractivity contribution in [3.63, 3.8) is 0 Å². The van der Waals surface area contributed by atoms with Crippen molar-refractivity contribution in [3.8, 4) is 0 Å². The maximum absolute atomic E-state index is 11.6. The molecule has 124 valence electrons. The SMILES string of the molecule is CCN(CCCS(=O)(=O)[O-])c1ccc2cc(C=O)c(=O)oc2c1.[Na+]. The van der Waals surface area contributed by atoms with E-state index in [1.807, 2.05) is 11.8 Å². The quantitative estimate of drug-likeness (QED) is 0.252. The van der Waals surface area contributed by atoms with Gasteiger partial charge in [-0.05, 0) is 31.5 Å². The van der Waals surface area contributed by atoms with E-state index in [0.717, 1.165) is 5.69 Å². The van der Waals surface area contributed by atoms with E-state index in [9.17, 15) is 22.6 Å². The van der Waals surface area contributed by atoms with Crippen LogP contribution in [0.4, 0.5) is 5.69 Å². The second-order valence-corrected chi connectivity index (χ2v) is 6.55. The molecule has 1 heterocycles. The van der Waals surface area contributed by atoms with Crippen LogP contribution in [-0.2, 0) is 10.1 Å². The number of carbonyl (C=O) groups excluding carboxylic acids is 1. The fraction of sp³-hybridized carbons (Fsp3) is 0.333. The molecule has 0 atom stereocenters. The van der Waals surface area contributed by atoms with Crippen molar-refractivity contribution in [1.82, 2.24) is 0 Å². The number of anilines is 1. The molecule has 0 saturated heterocycles. The predicted octanol–water partition coefficient (Wildman–Crippen LogP) is -1.63. The Balaban J connectivity index is 0.00000288. The second kappa shape index (κ2) is 8.77. The summed E-state index contributed by atoms with van der Waals surface area (Å²) in [7, 11) is -4.23. The zero-order valence-corrected chi connectivity index (χ0v) is 16.3. The molecule has 7 nitrogen and oxygen atoms in total. The Morgan fingerprint density at radius 2 is 2.00 bits per heavy atom. The molecule has 0 aliphatic heterocycles. The summed E-state index contributed by atoms with van der Waals surface area (Å²) in [6.07, 6.45) is 0.659. The van der Waals surface area contributed by atoms with Crippen LogP contribution < -0.4 is 40.1 Å². The topological polar surface area (TPSA) is 108 Å². The Hall–Kier alpha value is -1.19. The van der Waals surface area contributed by atoms with Gasteiger partial charge in [0.1, 0.15) is 11.1 Å². The molecule has 0 spiro atoms. The summed E-state index contributed by atoms with van der Waals surface area (Å²) in [6, 6.07) is 6.61. The van der Waals surface area contributed by atoms with E-state index in [0.29, 0.717) is 30.3 Å². The molecule has 1 aromatic heterocycles. The van der Waals surface area contributed by atoms with E-state index < -0.39 is 21.5 Å². The van der Waals surface area contributed by atoms with Crippen LogP contribution in [0.25, 0.3) is 11.0 Å². The van der Waals surface area contributed by atoms with Crippen LogP contribution in [0, 0.1) is 0 Å². The van der Waals surface area contributed by atoms with Gasteiger partial charge in [0, 0.05) is 36.0 Å². The van der Waals surface area contributed by atoms with Crippen LogP contribution in [0.1, 0.15) is 23.7 Å². The Labute approximate surface area is 161 Å². The first kappa shape index (κ1) is 20.9. The average Bonchev–Trinajstić information content (AvgIpc) is 2.49. The number of aldehydes is 1. The van der Waals surface area contributed by atoms with Crippen LogP contribution in [0.3, 0.4) is 0 Å². The van der Waals surface area contributed by atoms with Gasteiger partial charge in [0.2, 0.25) is 0 Å². The fourth-order valence-electron chi connectivity index (χ4n) is 2.30. The van der Waals surface area contributed by atoms with Crippen molar-refractivity contribution in [3.05, 3.63) is 40.2 Å². The Morgan fingerprint density at radius 3 is 2.58 bits per heavy atom. The first-order valence-corrected chi connectivity index (χ1v) is 8.63. The maximum Gasteiger partial charge on any atom is 1.00 e. The Kier molecular flexibility index (Phi) is 7.62. The van der Waals surface area contributed by atoms with Gasteiger partial charge in [-0.1, -0.05) is 0 Å². The number of carbonyl (C=O) groups is 1. The molecular weight excluding hydrogens is 345 g/mol. The number of hydrogen-bond acceptors (Lipinski definition) is 7. The molecule has 0 saturated carbocycles. The van der Waals surface area contributed by atoms with Crippen molar-refractivity contribution >= 4 is 33.1 Å². The van der Waals surface area contributed by atoms with E-state index in [1.165, 1.54) is 6.07 Å². The number of hydrogen-bond donors (Lipinski definition) is 0. The Morgan fingerprint density at radius 1 is 1.29 bits per heavy atom. The largest absolute Gasteiger partial charge is 1.00 e. The third-order valence-corrected chi connectivity index (χ3v) is 4.23. The molecule has 0 bridgehead atoms. The standard InChI is InChI=1S/C15H17NO6S.Na/c1-2-16(6-3-7-23(19,20)21)13-5-4-11-8-12(10-17)15(18)22-14(11)9-13;/h4-5,8-10H,2-3,6-7H2,1H3,(H,19,20,21);/q;+1/p-1. The van der Waals surface area contributed by atoms with Crippen molar-refractivity contribution in [2.45, 2.75) is 13.3 Å². The Bertz CT molecular complexity index is 877. The predicted molar refractivity (Wildman–Crippen MR) is 84.9 cm³/mol. The number of fused-ring (bicyclic) bond motifs is 1. The van der Waals surface area contributed by atoms with Crippen molar-refractivity contribution in [2.75, 3.05) is 23.7 Å². The normalized spacial score (nSPS) is 11.1. The van der Waals surface area contributed by atoms with Gasteiger partial charge in [-0.2, -0.15) is 0 Å². The molecule has 0 aliphatic rings. The van der Waals surface area contributed by atoms with E-state index in [1.54, 1.807) is 18.2 Å². The minimum Gasteiger partial charge on any atom is -0.748 e. The number of nitrogens with zero attached hydrogens (tertiary/aromatic N) is 1. The van der Waals surface area contributed by atoms with E-state index in [4.69, 9.17) is 4.42 Å². The van der Waals surface area contributed by atoms with Crippen LogP contribution in [0.5, 0.6) is 0 Å². The summed E-state index contributed by atoms with van der Waals surface area (Å²) >= 11 is 0. The fourth-order valence-corrected chi connectivity index (χ4v) is 2.78. The molecular formula is C15H16NNaO6S. The molecule has 9 heteroatoms. The third-order valence-electron chi connectivity index (χ3n) is 3.44. The third kappa shape index (κ3) is 5.42. The monoisotopic (exact) mass is 361 g/mol. The van der Waals surface area contributed by atoms with Gasteiger partial charge in [-0.3, -0.25) is 4.79 Å². The molecule has 2 aromatic rings. The first-order chi connectivity index (χ1) is 10.8. The average molecular weight is 361 g/mol. The van der Waals surface area contributed by atoms with Crippen LogP contribution in [0.15, 0.2) is 33.5 Å². The molecule has 2 rings (SSSR count).